The molecule has 0 radical (unpaired) electrons. The minimum absolute atomic E-state index is 0.742. The molecule has 2 aromatic heterocycles. The van der Waals surface area contributed by atoms with Crippen LogP contribution in [0, 0.1) is 0 Å². The molecule has 2 aromatic rings. The Hall–Kier alpha value is -2.64. The van der Waals surface area contributed by atoms with Crippen LogP contribution in [0.1, 0.15) is 12.8 Å². The molecule has 0 bridgehead atoms. The highest BCUT2D eigenvalue weighted by Crippen LogP contribution is 2.21. The number of hydrogen-bond donors (Lipinski definition) is 0. The minimum Gasteiger partial charge on any atom is -0.356 e. The summed E-state index contributed by atoms with van der Waals surface area (Å²) in [5.41, 5.74) is 0. The monoisotopic (exact) mass is 354 g/mol. The molecule has 4 heterocycles. The van der Waals surface area contributed by atoms with Gasteiger partial charge in [-0.05, 0) is 25.0 Å². The molecule has 2 aliphatic rings. The summed E-state index contributed by atoms with van der Waals surface area (Å²) in [7, 11) is 3.92. The van der Waals surface area contributed by atoms with Crippen LogP contribution >= 0.6 is 0 Å². The van der Waals surface area contributed by atoms with Gasteiger partial charge in [-0.25, -0.2) is 9.97 Å². The van der Waals surface area contributed by atoms with Crippen LogP contribution in [0.25, 0.3) is 0 Å². The number of anilines is 4. The van der Waals surface area contributed by atoms with Gasteiger partial charge < -0.3 is 19.6 Å². The molecule has 0 aliphatic carbocycles. The molecule has 2 saturated heterocycles. The summed E-state index contributed by atoms with van der Waals surface area (Å²) < 4.78 is 0. The molecule has 138 valence electrons. The molecule has 0 spiro atoms. The summed E-state index contributed by atoms with van der Waals surface area (Å²) >= 11 is 0. The fourth-order valence-electron chi connectivity index (χ4n) is 3.48. The fraction of sp³-hybridized carbons (Fsp3) is 0.556. The van der Waals surface area contributed by atoms with Crippen molar-refractivity contribution >= 4 is 23.5 Å². The Balaban J connectivity index is 1.42. The molecular weight excluding hydrogens is 328 g/mol. The maximum absolute atomic E-state index is 4.80. The van der Waals surface area contributed by atoms with Gasteiger partial charge in [0.15, 0.2) is 0 Å². The van der Waals surface area contributed by atoms with E-state index in [1.807, 2.05) is 43.5 Å². The zero-order valence-corrected chi connectivity index (χ0v) is 15.5. The molecule has 0 atom stereocenters. The zero-order valence-electron chi connectivity index (χ0n) is 15.5. The molecule has 8 nitrogen and oxygen atoms in total. The number of rotatable bonds is 4. The molecule has 0 unspecified atom stereocenters. The summed E-state index contributed by atoms with van der Waals surface area (Å²) in [6.07, 6.45) is 6.22. The molecule has 0 amide bonds. The third kappa shape index (κ3) is 3.49. The maximum Gasteiger partial charge on any atom is 0.227 e. The normalized spacial score (nSPS) is 17.7. The van der Waals surface area contributed by atoms with Crippen LogP contribution in [0.3, 0.4) is 0 Å². The van der Waals surface area contributed by atoms with Gasteiger partial charge >= 0.3 is 0 Å². The van der Waals surface area contributed by atoms with Gasteiger partial charge in [-0.1, -0.05) is 0 Å². The third-order valence-corrected chi connectivity index (χ3v) is 4.97. The van der Waals surface area contributed by atoms with Crippen molar-refractivity contribution in [3.05, 3.63) is 24.5 Å². The quantitative estimate of drug-likeness (QED) is 0.813. The van der Waals surface area contributed by atoms with Gasteiger partial charge in [-0.2, -0.15) is 9.97 Å². The Morgan fingerprint density at radius 1 is 0.731 bits per heavy atom. The lowest BCUT2D eigenvalue weighted by atomic mass is 10.3. The van der Waals surface area contributed by atoms with Crippen molar-refractivity contribution in [2.24, 2.45) is 0 Å². The Bertz CT molecular complexity index is 735. The van der Waals surface area contributed by atoms with Crippen molar-refractivity contribution < 1.29 is 0 Å². The number of hydrogen-bond acceptors (Lipinski definition) is 8. The van der Waals surface area contributed by atoms with Crippen molar-refractivity contribution in [2.75, 3.05) is 73.0 Å². The van der Waals surface area contributed by atoms with Gasteiger partial charge in [0, 0.05) is 65.8 Å². The lowest BCUT2D eigenvalue weighted by Crippen LogP contribution is -2.47. The second kappa shape index (κ2) is 7.31. The van der Waals surface area contributed by atoms with Crippen LogP contribution < -0.4 is 19.6 Å². The molecule has 4 rings (SSSR count). The number of aromatic nitrogens is 4. The van der Waals surface area contributed by atoms with Gasteiger partial charge in [0.05, 0.1) is 0 Å². The first-order chi connectivity index (χ1) is 12.7. The van der Waals surface area contributed by atoms with E-state index in [2.05, 4.69) is 29.7 Å². The highest BCUT2D eigenvalue weighted by Gasteiger charge is 2.22. The SMILES string of the molecule is CN(C)c1nccc(N2CCN(c3nccc(N4CCCC4)n3)CC2)n1. The molecule has 0 aromatic carbocycles. The highest BCUT2D eigenvalue weighted by molar-refractivity contribution is 5.48. The Labute approximate surface area is 154 Å². The Morgan fingerprint density at radius 2 is 1.31 bits per heavy atom. The average Bonchev–Trinajstić information content (AvgIpc) is 3.23. The Morgan fingerprint density at radius 3 is 2.00 bits per heavy atom. The molecule has 26 heavy (non-hydrogen) atoms. The van der Waals surface area contributed by atoms with E-state index in [4.69, 9.17) is 4.98 Å². The first kappa shape index (κ1) is 16.8. The van der Waals surface area contributed by atoms with Gasteiger partial charge in [-0.3, -0.25) is 0 Å². The summed E-state index contributed by atoms with van der Waals surface area (Å²) in [6, 6.07) is 4.00. The minimum atomic E-state index is 0.742. The van der Waals surface area contributed by atoms with E-state index in [1.165, 1.54) is 12.8 Å². The summed E-state index contributed by atoms with van der Waals surface area (Å²) in [5.74, 6) is 3.62. The predicted molar refractivity (Wildman–Crippen MR) is 104 cm³/mol. The molecular formula is C18H26N8. The van der Waals surface area contributed by atoms with E-state index >= 15 is 0 Å². The molecule has 0 saturated carbocycles. The lowest BCUT2D eigenvalue weighted by molar-refractivity contribution is 0.633. The van der Waals surface area contributed by atoms with E-state index in [9.17, 15) is 0 Å². The van der Waals surface area contributed by atoms with E-state index < -0.39 is 0 Å². The van der Waals surface area contributed by atoms with Crippen molar-refractivity contribution in [3.63, 3.8) is 0 Å². The molecule has 2 fully saturated rings. The smallest absolute Gasteiger partial charge is 0.227 e. The van der Waals surface area contributed by atoms with Crippen molar-refractivity contribution in [2.45, 2.75) is 12.8 Å². The average molecular weight is 354 g/mol. The van der Waals surface area contributed by atoms with Crippen LogP contribution in [-0.2, 0) is 0 Å². The van der Waals surface area contributed by atoms with E-state index in [0.29, 0.717) is 0 Å². The van der Waals surface area contributed by atoms with Crippen molar-refractivity contribution in [3.8, 4) is 0 Å². The highest BCUT2D eigenvalue weighted by atomic mass is 15.4. The van der Waals surface area contributed by atoms with Crippen LogP contribution in [-0.4, -0.2) is 73.3 Å². The van der Waals surface area contributed by atoms with E-state index in [1.54, 1.807) is 0 Å². The summed E-state index contributed by atoms with van der Waals surface area (Å²) in [4.78, 5) is 27.1. The van der Waals surface area contributed by atoms with E-state index in [0.717, 1.165) is 62.8 Å². The second-order valence-electron chi connectivity index (χ2n) is 6.99. The fourth-order valence-corrected chi connectivity index (χ4v) is 3.48. The number of nitrogens with zero attached hydrogens (tertiary/aromatic N) is 8. The van der Waals surface area contributed by atoms with Gasteiger partial charge in [0.25, 0.3) is 0 Å². The second-order valence-corrected chi connectivity index (χ2v) is 6.99. The topological polar surface area (TPSA) is 64.5 Å². The largest absolute Gasteiger partial charge is 0.356 e. The van der Waals surface area contributed by atoms with Crippen LogP contribution in [0.5, 0.6) is 0 Å². The standard InChI is InChI=1S/C18H26N8/c1-23(2)17-19-7-5-15(21-17)25-11-13-26(14-12-25)18-20-8-6-16(22-18)24-9-3-4-10-24/h5-8H,3-4,9-14H2,1-2H3. The molecule has 2 aliphatic heterocycles. The first-order valence-electron chi connectivity index (χ1n) is 9.29. The molecule has 0 N–H and O–H groups in total. The summed E-state index contributed by atoms with van der Waals surface area (Å²) in [5, 5.41) is 0. The predicted octanol–water partition coefficient (Wildman–Crippen LogP) is 1.26. The summed E-state index contributed by atoms with van der Waals surface area (Å²) in [6.45, 7) is 5.80. The zero-order chi connectivity index (χ0) is 17.9. The lowest BCUT2D eigenvalue weighted by Gasteiger charge is -2.35. The number of piperazine rings is 1. The first-order valence-corrected chi connectivity index (χ1v) is 9.29. The molecule has 8 heteroatoms. The van der Waals surface area contributed by atoms with Crippen LogP contribution in [0.2, 0.25) is 0 Å². The van der Waals surface area contributed by atoms with Gasteiger partial charge in [-0.15, -0.1) is 0 Å². The third-order valence-electron chi connectivity index (χ3n) is 4.97. The maximum atomic E-state index is 4.80. The van der Waals surface area contributed by atoms with Crippen LogP contribution in [0.4, 0.5) is 23.5 Å². The van der Waals surface area contributed by atoms with Crippen molar-refractivity contribution in [1.82, 2.24) is 19.9 Å². The Kier molecular flexibility index (Phi) is 4.73. The van der Waals surface area contributed by atoms with E-state index in [-0.39, 0.29) is 0 Å². The van der Waals surface area contributed by atoms with Gasteiger partial charge in [0.2, 0.25) is 11.9 Å². The van der Waals surface area contributed by atoms with Gasteiger partial charge in [0.1, 0.15) is 11.6 Å². The van der Waals surface area contributed by atoms with Crippen molar-refractivity contribution in [1.29, 1.82) is 0 Å². The van der Waals surface area contributed by atoms with Crippen LogP contribution in [0.15, 0.2) is 24.5 Å².